The number of hydrogen-bond donors (Lipinski definition) is 0. The third kappa shape index (κ3) is 4.03. The summed E-state index contributed by atoms with van der Waals surface area (Å²) in [6.45, 7) is 6.19. The molecule has 0 aliphatic carbocycles. The van der Waals surface area contributed by atoms with Crippen molar-refractivity contribution in [3.05, 3.63) is 78.4 Å². The second-order valence-corrected chi connectivity index (χ2v) is 7.99. The van der Waals surface area contributed by atoms with E-state index in [1.54, 1.807) is 7.11 Å². The maximum absolute atomic E-state index is 5.27. The molecule has 0 N–H and O–H groups in total. The molecule has 0 spiro atoms. The summed E-state index contributed by atoms with van der Waals surface area (Å²) in [6.07, 6.45) is 0. The van der Waals surface area contributed by atoms with Crippen LogP contribution >= 0.6 is 11.8 Å². The van der Waals surface area contributed by atoms with Crippen molar-refractivity contribution in [2.24, 2.45) is 0 Å². The molecule has 0 fully saturated rings. The third-order valence-electron chi connectivity index (χ3n) is 5.18. The van der Waals surface area contributed by atoms with Crippen LogP contribution in [0.15, 0.2) is 82.6 Å². The predicted octanol–water partition coefficient (Wildman–Crippen LogP) is 5.82. The smallest absolute Gasteiger partial charge is 0.118 e. The Bertz CT molecular complexity index is 880. The first-order chi connectivity index (χ1) is 13.8. The fourth-order valence-corrected chi connectivity index (χ4v) is 4.70. The molecular formula is C24H26N2OS. The Hall–Kier alpha value is -2.43. The van der Waals surface area contributed by atoms with Crippen molar-refractivity contribution in [3.63, 3.8) is 0 Å². The van der Waals surface area contributed by atoms with E-state index in [0.717, 1.165) is 31.9 Å². The van der Waals surface area contributed by atoms with Crippen molar-refractivity contribution in [2.45, 2.75) is 23.3 Å². The zero-order chi connectivity index (χ0) is 19.3. The molecule has 144 valence electrons. The van der Waals surface area contributed by atoms with Gasteiger partial charge in [0.15, 0.2) is 0 Å². The van der Waals surface area contributed by atoms with Gasteiger partial charge >= 0.3 is 0 Å². The molecule has 0 aromatic heterocycles. The average molecular weight is 391 g/mol. The SMILES string of the molecule is CCN(CCN1c2ccccc2Sc2ccccc21)Cc1ccc(OC)cc1. The molecule has 0 bridgehead atoms. The Balaban J connectivity index is 1.50. The van der Waals surface area contributed by atoms with Gasteiger partial charge in [-0.25, -0.2) is 0 Å². The van der Waals surface area contributed by atoms with Gasteiger partial charge in [0.1, 0.15) is 5.75 Å². The summed E-state index contributed by atoms with van der Waals surface area (Å²) < 4.78 is 5.27. The van der Waals surface area contributed by atoms with E-state index in [1.807, 2.05) is 23.9 Å². The van der Waals surface area contributed by atoms with E-state index in [9.17, 15) is 0 Å². The monoisotopic (exact) mass is 390 g/mol. The molecule has 0 saturated carbocycles. The average Bonchev–Trinajstić information content (AvgIpc) is 2.76. The van der Waals surface area contributed by atoms with E-state index in [4.69, 9.17) is 4.74 Å². The van der Waals surface area contributed by atoms with Crippen molar-refractivity contribution in [1.82, 2.24) is 4.90 Å². The third-order valence-corrected chi connectivity index (χ3v) is 6.31. The zero-order valence-electron chi connectivity index (χ0n) is 16.5. The number of hydrogen-bond acceptors (Lipinski definition) is 4. The second-order valence-electron chi connectivity index (χ2n) is 6.91. The molecule has 4 heteroatoms. The number of anilines is 2. The highest BCUT2D eigenvalue weighted by Crippen LogP contribution is 2.47. The molecule has 1 heterocycles. The lowest BCUT2D eigenvalue weighted by molar-refractivity contribution is 0.287. The molecule has 0 saturated heterocycles. The van der Waals surface area contributed by atoms with Gasteiger partial charge in [-0.1, -0.05) is 55.1 Å². The van der Waals surface area contributed by atoms with Crippen molar-refractivity contribution >= 4 is 23.1 Å². The first kappa shape index (κ1) is 18.9. The summed E-state index contributed by atoms with van der Waals surface area (Å²) in [5.74, 6) is 0.908. The minimum atomic E-state index is 0.908. The van der Waals surface area contributed by atoms with Gasteiger partial charge in [0.25, 0.3) is 0 Å². The summed E-state index contributed by atoms with van der Waals surface area (Å²) in [7, 11) is 1.71. The number of likely N-dealkylation sites (N-methyl/N-ethyl adjacent to an activating group) is 1. The number of methoxy groups -OCH3 is 1. The fraction of sp³-hybridized carbons (Fsp3) is 0.250. The molecule has 0 radical (unpaired) electrons. The van der Waals surface area contributed by atoms with Crippen LogP contribution in [0.3, 0.4) is 0 Å². The van der Waals surface area contributed by atoms with Gasteiger partial charge in [-0.3, -0.25) is 4.90 Å². The molecule has 4 rings (SSSR count). The largest absolute Gasteiger partial charge is 0.497 e. The van der Waals surface area contributed by atoms with Gasteiger partial charge in [0.05, 0.1) is 18.5 Å². The number of fused-ring (bicyclic) bond motifs is 2. The molecule has 3 aromatic carbocycles. The molecule has 0 atom stereocenters. The van der Waals surface area contributed by atoms with Crippen LogP contribution in [-0.2, 0) is 6.54 Å². The van der Waals surface area contributed by atoms with Gasteiger partial charge < -0.3 is 9.64 Å². The predicted molar refractivity (Wildman–Crippen MR) is 118 cm³/mol. The molecule has 0 unspecified atom stereocenters. The number of para-hydroxylation sites is 2. The topological polar surface area (TPSA) is 15.7 Å². The van der Waals surface area contributed by atoms with Crippen LogP contribution in [0.5, 0.6) is 5.75 Å². The van der Waals surface area contributed by atoms with Crippen LogP contribution in [0.1, 0.15) is 12.5 Å². The summed E-state index contributed by atoms with van der Waals surface area (Å²) in [6, 6.07) is 25.8. The number of rotatable bonds is 7. The van der Waals surface area contributed by atoms with Crippen molar-refractivity contribution in [1.29, 1.82) is 0 Å². The van der Waals surface area contributed by atoms with E-state index in [0.29, 0.717) is 0 Å². The van der Waals surface area contributed by atoms with Crippen LogP contribution in [0.2, 0.25) is 0 Å². The lowest BCUT2D eigenvalue weighted by Crippen LogP contribution is -2.33. The van der Waals surface area contributed by atoms with Crippen LogP contribution in [0, 0.1) is 0 Å². The summed E-state index contributed by atoms with van der Waals surface area (Å²) in [5, 5.41) is 0. The van der Waals surface area contributed by atoms with E-state index >= 15 is 0 Å². The van der Waals surface area contributed by atoms with Gasteiger partial charge in [-0.2, -0.15) is 0 Å². The van der Waals surface area contributed by atoms with E-state index in [1.165, 1.54) is 26.7 Å². The minimum Gasteiger partial charge on any atom is -0.497 e. The maximum Gasteiger partial charge on any atom is 0.118 e. The number of benzene rings is 3. The molecule has 1 aliphatic rings. The van der Waals surface area contributed by atoms with Gasteiger partial charge in [0.2, 0.25) is 0 Å². The Morgan fingerprint density at radius 2 is 1.46 bits per heavy atom. The van der Waals surface area contributed by atoms with Crippen LogP contribution in [-0.4, -0.2) is 31.6 Å². The van der Waals surface area contributed by atoms with Crippen LogP contribution < -0.4 is 9.64 Å². The first-order valence-corrected chi connectivity index (χ1v) is 10.6. The first-order valence-electron chi connectivity index (χ1n) is 9.77. The molecule has 3 nitrogen and oxygen atoms in total. The van der Waals surface area contributed by atoms with E-state index in [2.05, 4.69) is 77.4 Å². The van der Waals surface area contributed by atoms with E-state index < -0.39 is 0 Å². The molecule has 0 amide bonds. The lowest BCUT2D eigenvalue weighted by Gasteiger charge is -2.34. The minimum absolute atomic E-state index is 0.908. The maximum atomic E-state index is 5.27. The van der Waals surface area contributed by atoms with E-state index in [-0.39, 0.29) is 0 Å². The van der Waals surface area contributed by atoms with Crippen LogP contribution in [0.4, 0.5) is 11.4 Å². The number of nitrogens with zero attached hydrogens (tertiary/aromatic N) is 2. The van der Waals surface area contributed by atoms with Gasteiger partial charge in [-0.05, 0) is 48.5 Å². The highest BCUT2D eigenvalue weighted by Gasteiger charge is 2.22. The van der Waals surface area contributed by atoms with Crippen LogP contribution in [0.25, 0.3) is 0 Å². The zero-order valence-corrected chi connectivity index (χ0v) is 17.3. The summed E-state index contributed by atoms with van der Waals surface area (Å²) in [4.78, 5) is 7.63. The highest BCUT2D eigenvalue weighted by molar-refractivity contribution is 7.99. The molecule has 28 heavy (non-hydrogen) atoms. The summed E-state index contributed by atoms with van der Waals surface area (Å²) >= 11 is 1.87. The van der Waals surface area contributed by atoms with Gasteiger partial charge in [-0.15, -0.1) is 0 Å². The Labute approximate surface area is 171 Å². The molecule has 1 aliphatic heterocycles. The Kier molecular flexibility index (Phi) is 5.89. The summed E-state index contributed by atoms with van der Waals surface area (Å²) in [5.41, 5.74) is 3.94. The Morgan fingerprint density at radius 3 is 2.04 bits per heavy atom. The standard InChI is InChI=1S/C24H26N2OS/c1-3-25(18-19-12-14-20(27-2)15-13-19)16-17-26-21-8-4-6-10-23(21)28-24-11-7-5-9-22(24)26/h4-15H,3,16-18H2,1-2H3. The Morgan fingerprint density at radius 1 is 0.857 bits per heavy atom. The number of ether oxygens (including phenoxy) is 1. The highest BCUT2D eigenvalue weighted by atomic mass is 32.2. The normalized spacial score (nSPS) is 12.6. The quantitative estimate of drug-likeness (QED) is 0.505. The lowest BCUT2D eigenvalue weighted by atomic mass is 10.2. The van der Waals surface area contributed by atoms with Crippen molar-refractivity contribution < 1.29 is 4.74 Å². The van der Waals surface area contributed by atoms with Crippen molar-refractivity contribution in [2.75, 3.05) is 31.6 Å². The van der Waals surface area contributed by atoms with Crippen molar-refractivity contribution in [3.8, 4) is 5.75 Å². The molecular weight excluding hydrogens is 364 g/mol. The molecule has 3 aromatic rings. The van der Waals surface area contributed by atoms with Gasteiger partial charge in [0, 0.05) is 29.4 Å². The fourth-order valence-electron chi connectivity index (χ4n) is 3.60. The second kappa shape index (κ2) is 8.72.